The van der Waals surface area contributed by atoms with Gasteiger partial charge in [0.15, 0.2) is 0 Å². The molecule has 96 valence electrons. The van der Waals surface area contributed by atoms with Crippen molar-refractivity contribution in [2.45, 2.75) is 39.7 Å². The van der Waals surface area contributed by atoms with Crippen LogP contribution in [0.15, 0.2) is 18.2 Å². The number of hydrogen-bond donors (Lipinski definition) is 1. The van der Waals surface area contributed by atoms with Crippen LogP contribution in [-0.2, 0) is 6.42 Å². The smallest absolute Gasteiger partial charge is 0.129 e. The van der Waals surface area contributed by atoms with Crippen LogP contribution in [0.25, 0.3) is 0 Å². The molecule has 0 aliphatic rings. The van der Waals surface area contributed by atoms with Crippen LogP contribution >= 0.6 is 0 Å². The quantitative estimate of drug-likeness (QED) is 0.803. The van der Waals surface area contributed by atoms with Gasteiger partial charge in [-0.3, -0.25) is 0 Å². The summed E-state index contributed by atoms with van der Waals surface area (Å²) in [5, 5.41) is 3.40. The molecule has 1 atom stereocenters. The molecule has 0 radical (unpaired) electrons. The van der Waals surface area contributed by atoms with Gasteiger partial charge in [-0.1, -0.05) is 26.8 Å². The van der Waals surface area contributed by atoms with Crippen LogP contribution in [0.3, 0.4) is 0 Å². The fourth-order valence-electron chi connectivity index (χ4n) is 1.80. The highest BCUT2D eigenvalue weighted by Gasteiger charge is 2.15. The Kier molecular flexibility index (Phi) is 5.56. The van der Waals surface area contributed by atoms with Gasteiger partial charge in [0.25, 0.3) is 0 Å². The van der Waals surface area contributed by atoms with E-state index < -0.39 is 11.6 Å². The lowest BCUT2D eigenvalue weighted by atomic mass is 9.96. The lowest BCUT2D eigenvalue weighted by Gasteiger charge is -2.22. The lowest BCUT2D eigenvalue weighted by Crippen LogP contribution is -2.36. The summed E-state index contributed by atoms with van der Waals surface area (Å²) in [5.41, 5.74) is 0.578. The molecule has 1 aromatic carbocycles. The van der Waals surface area contributed by atoms with E-state index in [1.807, 2.05) is 0 Å². The van der Waals surface area contributed by atoms with Gasteiger partial charge < -0.3 is 5.32 Å². The van der Waals surface area contributed by atoms with E-state index in [1.54, 1.807) is 0 Å². The monoisotopic (exact) mass is 241 g/mol. The Labute approximate surface area is 102 Å². The highest BCUT2D eigenvalue weighted by Crippen LogP contribution is 2.15. The normalized spacial score (nSPS) is 13.1. The van der Waals surface area contributed by atoms with Gasteiger partial charge in [0.05, 0.1) is 0 Å². The molecule has 0 saturated carbocycles. The second kappa shape index (κ2) is 6.70. The molecule has 17 heavy (non-hydrogen) atoms. The standard InChI is InChI=1S/C14H21F2N/c1-4-7-17-14(10(2)3)8-11-5-6-12(15)9-13(11)16/h5-6,9-10,14,17H,4,7-8H2,1-3H3. The molecule has 1 nitrogen and oxygen atoms in total. The first-order valence-corrected chi connectivity index (χ1v) is 6.22. The minimum Gasteiger partial charge on any atom is -0.313 e. The van der Waals surface area contributed by atoms with Crippen molar-refractivity contribution in [3.8, 4) is 0 Å². The number of hydrogen-bond acceptors (Lipinski definition) is 1. The van der Waals surface area contributed by atoms with Crippen molar-refractivity contribution < 1.29 is 8.78 Å². The van der Waals surface area contributed by atoms with Crippen LogP contribution in [0.5, 0.6) is 0 Å². The Bertz CT molecular complexity index is 350. The Morgan fingerprint density at radius 2 is 1.94 bits per heavy atom. The van der Waals surface area contributed by atoms with Gasteiger partial charge in [-0.25, -0.2) is 8.78 Å². The first-order chi connectivity index (χ1) is 8.04. The third kappa shape index (κ3) is 4.43. The number of nitrogens with one attached hydrogen (secondary N) is 1. The van der Waals surface area contributed by atoms with Crippen LogP contribution in [0.1, 0.15) is 32.8 Å². The Balaban J connectivity index is 2.71. The molecule has 0 saturated heterocycles. The summed E-state index contributed by atoms with van der Waals surface area (Å²) in [6.07, 6.45) is 1.65. The predicted molar refractivity (Wildman–Crippen MR) is 67.0 cm³/mol. The second-order valence-corrected chi connectivity index (χ2v) is 4.74. The number of halogens is 2. The summed E-state index contributed by atoms with van der Waals surface area (Å²) in [6.45, 7) is 7.23. The topological polar surface area (TPSA) is 12.0 Å². The van der Waals surface area contributed by atoms with E-state index in [9.17, 15) is 8.78 Å². The lowest BCUT2D eigenvalue weighted by molar-refractivity contribution is 0.392. The summed E-state index contributed by atoms with van der Waals surface area (Å²) in [7, 11) is 0. The van der Waals surface area contributed by atoms with Gasteiger partial charge in [-0.05, 0) is 36.9 Å². The van der Waals surface area contributed by atoms with Crippen molar-refractivity contribution in [1.82, 2.24) is 5.32 Å². The fraction of sp³-hybridized carbons (Fsp3) is 0.571. The minimum atomic E-state index is -0.520. The summed E-state index contributed by atoms with van der Waals surface area (Å²) >= 11 is 0. The van der Waals surface area contributed by atoms with Crippen molar-refractivity contribution in [3.05, 3.63) is 35.4 Å². The van der Waals surface area contributed by atoms with Crippen molar-refractivity contribution in [2.75, 3.05) is 6.54 Å². The van der Waals surface area contributed by atoms with Crippen LogP contribution in [0.2, 0.25) is 0 Å². The van der Waals surface area contributed by atoms with E-state index in [0.29, 0.717) is 17.9 Å². The molecular weight excluding hydrogens is 220 g/mol. The van der Waals surface area contributed by atoms with Crippen molar-refractivity contribution in [1.29, 1.82) is 0 Å². The SMILES string of the molecule is CCCNC(Cc1ccc(F)cc1F)C(C)C. The second-order valence-electron chi connectivity index (χ2n) is 4.74. The molecule has 0 aromatic heterocycles. The minimum absolute atomic E-state index is 0.231. The van der Waals surface area contributed by atoms with Crippen molar-refractivity contribution >= 4 is 0 Å². The van der Waals surface area contributed by atoms with Crippen LogP contribution in [0.4, 0.5) is 8.78 Å². The molecule has 1 rings (SSSR count). The molecule has 1 aromatic rings. The maximum Gasteiger partial charge on any atom is 0.129 e. The van der Waals surface area contributed by atoms with Crippen molar-refractivity contribution in [3.63, 3.8) is 0 Å². The molecule has 0 fully saturated rings. The molecule has 1 unspecified atom stereocenters. The summed E-state index contributed by atoms with van der Waals surface area (Å²) in [6, 6.07) is 4.03. The van der Waals surface area contributed by atoms with Gasteiger partial charge in [-0.15, -0.1) is 0 Å². The van der Waals surface area contributed by atoms with E-state index in [2.05, 4.69) is 26.1 Å². The third-order valence-corrected chi connectivity index (χ3v) is 2.92. The highest BCUT2D eigenvalue weighted by molar-refractivity contribution is 5.19. The van der Waals surface area contributed by atoms with E-state index >= 15 is 0 Å². The van der Waals surface area contributed by atoms with E-state index in [0.717, 1.165) is 19.0 Å². The van der Waals surface area contributed by atoms with Gasteiger partial charge in [0, 0.05) is 12.1 Å². The molecule has 0 heterocycles. The molecular formula is C14H21F2N. The summed E-state index contributed by atoms with van der Waals surface area (Å²) in [5.74, 6) is -0.547. The Morgan fingerprint density at radius 3 is 2.47 bits per heavy atom. The van der Waals surface area contributed by atoms with Gasteiger partial charge in [0.2, 0.25) is 0 Å². The van der Waals surface area contributed by atoms with Crippen LogP contribution in [0, 0.1) is 17.6 Å². The Hall–Kier alpha value is -0.960. The fourth-order valence-corrected chi connectivity index (χ4v) is 1.80. The third-order valence-electron chi connectivity index (χ3n) is 2.92. The van der Waals surface area contributed by atoms with E-state index in [4.69, 9.17) is 0 Å². The zero-order valence-corrected chi connectivity index (χ0v) is 10.8. The molecule has 0 aliphatic carbocycles. The first kappa shape index (κ1) is 14.1. The average molecular weight is 241 g/mol. The molecule has 0 aliphatic heterocycles. The molecule has 0 spiro atoms. The van der Waals surface area contributed by atoms with E-state index in [-0.39, 0.29) is 6.04 Å². The Morgan fingerprint density at radius 1 is 1.24 bits per heavy atom. The van der Waals surface area contributed by atoms with Crippen LogP contribution in [-0.4, -0.2) is 12.6 Å². The van der Waals surface area contributed by atoms with Crippen LogP contribution < -0.4 is 5.32 Å². The molecule has 0 bridgehead atoms. The molecule has 3 heteroatoms. The molecule has 0 amide bonds. The number of benzene rings is 1. The largest absolute Gasteiger partial charge is 0.313 e. The maximum atomic E-state index is 13.5. The maximum absolute atomic E-state index is 13.5. The summed E-state index contributed by atoms with van der Waals surface area (Å²) in [4.78, 5) is 0. The van der Waals surface area contributed by atoms with Gasteiger partial charge in [-0.2, -0.15) is 0 Å². The predicted octanol–water partition coefficient (Wildman–Crippen LogP) is 3.53. The summed E-state index contributed by atoms with van der Waals surface area (Å²) < 4.78 is 26.3. The highest BCUT2D eigenvalue weighted by atomic mass is 19.1. The zero-order valence-electron chi connectivity index (χ0n) is 10.8. The average Bonchev–Trinajstić information content (AvgIpc) is 2.26. The van der Waals surface area contributed by atoms with Gasteiger partial charge in [0.1, 0.15) is 11.6 Å². The number of rotatable bonds is 6. The van der Waals surface area contributed by atoms with Gasteiger partial charge >= 0.3 is 0 Å². The molecule has 1 N–H and O–H groups in total. The van der Waals surface area contributed by atoms with E-state index in [1.165, 1.54) is 12.1 Å². The zero-order chi connectivity index (χ0) is 12.8. The van der Waals surface area contributed by atoms with Crippen molar-refractivity contribution in [2.24, 2.45) is 5.92 Å². The first-order valence-electron chi connectivity index (χ1n) is 6.22.